The van der Waals surface area contributed by atoms with E-state index in [1.54, 1.807) is 0 Å². The molecule has 2 amide bonds. The molecule has 0 radical (unpaired) electrons. The van der Waals surface area contributed by atoms with Crippen LogP contribution in [0.2, 0.25) is 0 Å². The third-order valence-corrected chi connectivity index (χ3v) is 5.65. The molecule has 0 N–H and O–H groups in total. The Morgan fingerprint density at radius 1 is 1.19 bits per heavy atom. The van der Waals surface area contributed by atoms with Crippen molar-refractivity contribution >= 4 is 38.5 Å². The Labute approximate surface area is 198 Å². The van der Waals surface area contributed by atoms with Crippen LogP contribution in [-0.4, -0.2) is 74.5 Å². The molecular formula is C11H10N4Na2O8S2. The molecule has 2 atom stereocenters. The van der Waals surface area contributed by atoms with Crippen LogP contribution in [0.4, 0.5) is 0 Å². The van der Waals surface area contributed by atoms with E-state index in [9.17, 15) is 35.5 Å². The summed E-state index contributed by atoms with van der Waals surface area (Å²) in [7, 11) is -9.76. The largest absolute Gasteiger partial charge is 1.00 e. The van der Waals surface area contributed by atoms with Crippen molar-refractivity contribution in [2.24, 2.45) is 0 Å². The van der Waals surface area contributed by atoms with Crippen molar-refractivity contribution in [3.8, 4) is 0 Å². The van der Waals surface area contributed by atoms with E-state index in [-0.39, 0.29) is 82.1 Å². The summed E-state index contributed by atoms with van der Waals surface area (Å²) in [5.41, 5.74) is -0.164. The molecule has 136 valence electrons. The van der Waals surface area contributed by atoms with Gasteiger partial charge in [-0.15, -0.1) is 0 Å². The van der Waals surface area contributed by atoms with E-state index < -0.39 is 44.5 Å². The van der Waals surface area contributed by atoms with Crippen molar-refractivity contribution in [2.75, 3.05) is 6.54 Å². The summed E-state index contributed by atoms with van der Waals surface area (Å²) in [4.78, 5) is 28.6. The molecule has 16 heteroatoms. The van der Waals surface area contributed by atoms with Gasteiger partial charge < -0.3 is 14.0 Å². The number of fused-ring (bicyclic) bond motifs is 1. The first kappa shape index (κ1) is 24.7. The standard InChI is InChI=1S/C11H12N4O8S2.2Na/c16-9(2-1-7-5-12-6-14(7)24(18,19)20)13-4-3-8-10(13)11(17)15(8)25(21,22)23;;/h1-2,5-6,8,10H,3-4H2,(H,18,19,20)(H,21,22,23);;/q;2*+1/p-2/t8-,10+;;/m1../s1. The topological polar surface area (TPSA) is 173 Å². The number of nitrogens with zero attached hydrogens (tertiary/aromatic N) is 4. The second-order valence-corrected chi connectivity index (χ2v) is 7.83. The van der Waals surface area contributed by atoms with Gasteiger partial charge in [-0.1, -0.05) is 0 Å². The fourth-order valence-electron chi connectivity index (χ4n) is 2.90. The summed E-state index contributed by atoms with van der Waals surface area (Å²) < 4.78 is 66.5. The van der Waals surface area contributed by atoms with E-state index >= 15 is 0 Å². The maximum atomic E-state index is 12.2. The normalized spacial score (nSPS) is 22.1. The summed E-state index contributed by atoms with van der Waals surface area (Å²) in [6, 6.07) is -1.94. The minimum Gasteiger partial charge on any atom is -0.731 e. The van der Waals surface area contributed by atoms with Crippen molar-refractivity contribution in [1.82, 2.24) is 18.2 Å². The molecule has 0 saturated carbocycles. The van der Waals surface area contributed by atoms with E-state index in [0.29, 0.717) is 3.97 Å². The van der Waals surface area contributed by atoms with E-state index in [2.05, 4.69) is 4.98 Å². The maximum absolute atomic E-state index is 12.2. The molecule has 0 spiro atoms. The van der Waals surface area contributed by atoms with Crippen LogP contribution in [0, 0.1) is 0 Å². The Balaban J connectivity index is 0.00000182. The average molecular weight is 436 g/mol. The summed E-state index contributed by atoms with van der Waals surface area (Å²) >= 11 is 0. The summed E-state index contributed by atoms with van der Waals surface area (Å²) in [6.07, 6.45) is 3.91. The fraction of sp³-hybridized carbons (Fsp3) is 0.364. The number of aromatic nitrogens is 2. The first-order valence-electron chi connectivity index (χ1n) is 6.78. The van der Waals surface area contributed by atoms with Crippen LogP contribution < -0.4 is 59.1 Å². The molecule has 27 heavy (non-hydrogen) atoms. The summed E-state index contributed by atoms with van der Waals surface area (Å²) in [5, 5.41) is 0. The van der Waals surface area contributed by atoms with Gasteiger partial charge in [-0.3, -0.25) is 9.59 Å². The second kappa shape index (κ2) is 8.61. The SMILES string of the molecule is O=C(C=Cc1cncn1S(=O)(=O)[O-])N1CC[C@@H]2[C@H]1C(=O)N2S(=O)(=O)[O-].[Na+].[Na+]. The van der Waals surface area contributed by atoms with Crippen LogP contribution in [0.5, 0.6) is 0 Å². The molecule has 2 aliphatic heterocycles. The molecule has 0 aliphatic carbocycles. The zero-order valence-electron chi connectivity index (χ0n) is 14.2. The summed E-state index contributed by atoms with van der Waals surface area (Å²) in [6.45, 7) is 0.0510. The monoisotopic (exact) mass is 436 g/mol. The second-order valence-electron chi connectivity index (χ2n) is 5.33. The number of likely N-dealkylation sites (tertiary alicyclic amines) is 1. The number of hydrogen-bond acceptors (Lipinski definition) is 9. The van der Waals surface area contributed by atoms with Gasteiger partial charge in [0.05, 0.1) is 17.9 Å². The Bertz CT molecular complexity index is 990. The van der Waals surface area contributed by atoms with Crippen molar-refractivity contribution in [3.05, 3.63) is 24.3 Å². The smallest absolute Gasteiger partial charge is 0.731 e. The number of amides is 2. The van der Waals surface area contributed by atoms with E-state index in [1.807, 2.05) is 0 Å². The van der Waals surface area contributed by atoms with Crippen LogP contribution in [0.15, 0.2) is 18.6 Å². The van der Waals surface area contributed by atoms with E-state index in [0.717, 1.165) is 29.6 Å². The molecule has 0 aromatic carbocycles. The molecular weight excluding hydrogens is 426 g/mol. The zero-order valence-corrected chi connectivity index (χ0v) is 19.9. The third-order valence-electron chi connectivity index (χ3n) is 3.93. The number of carbonyl (C=O) groups excluding carboxylic acids is 2. The van der Waals surface area contributed by atoms with Crippen molar-refractivity contribution in [3.63, 3.8) is 0 Å². The average Bonchev–Trinajstić information content (AvgIpc) is 3.06. The molecule has 1 aromatic heterocycles. The Morgan fingerprint density at radius 2 is 1.81 bits per heavy atom. The predicted octanol–water partition coefficient (Wildman–Crippen LogP) is -8.52. The molecule has 0 bridgehead atoms. The zero-order chi connectivity index (χ0) is 18.6. The van der Waals surface area contributed by atoms with Crippen LogP contribution >= 0.6 is 0 Å². The van der Waals surface area contributed by atoms with Gasteiger partial charge in [-0.2, -0.15) is 0 Å². The fourth-order valence-corrected chi connectivity index (χ4v) is 4.32. The van der Waals surface area contributed by atoms with Crippen molar-refractivity contribution in [2.45, 2.75) is 18.5 Å². The molecule has 2 aliphatic rings. The molecule has 2 saturated heterocycles. The first-order chi connectivity index (χ1) is 11.5. The maximum Gasteiger partial charge on any atom is 1.00 e. The van der Waals surface area contributed by atoms with Crippen LogP contribution in [0.25, 0.3) is 6.08 Å². The predicted molar refractivity (Wildman–Crippen MR) is 76.8 cm³/mol. The van der Waals surface area contributed by atoms with Crippen LogP contribution in [0.3, 0.4) is 0 Å². The molecule has 3 rings (SSSR count). The van der Waals surface area contributed by atoms with Gasteiger partial charge in [-0.05, 0) is 12.5 Å². The van der Waals surface area contributed by atoms with Gasteiger partial charge in [0.1, 0.15) is 12.4 Å². The number of carbonyl (C=O) groups is 2. The Morgan fingerprint density at radius 3 is 2.37 bits per heavy atom. The third kappa shape index (κ3) is 4.66. The minimum atomic E-state index is -4.92. The van der Waals surface area contributed by atoms with Gasteiger partial charge in [0.15, 0.2) is 20.6 Å². The number of β-lactam (4-membered cyclic amide) rings is 1. The quantitative estimate of drug-likeness (QED) is 0.192. The minimum absolute atomic E-state index is 0. The number of hydrogen-bond donors (Lipinski definition) is 0. The number of rotatable bonds is 4. The molecule has 2 fully saturated rings. The molecule has 0 unspecified atom stereocenters. The Hall–Kier alpha value is -0.290. The van der Waals surface area contributed by atoms with Crippen LogP contribution in [0.1, 0.15) is 12.1 Å². The van der Waals surface area contributed by atoms with Gasteiger partial charge in [0.2, 0.25) is 5.91 Å². The number of imidazole rings is 1. The first-order valence-corrected chi connectivity index (χ1v) is 9.51. The van der Waals surface area contributed by atoms with Crippen LogP contribution in [-0.2, 0) is 30.2 Å². The van der Waals surface area contributed by atoms with E-state index in [4.69, 9.17) is 0 Å². The van der Waals surface area contributed by atoms with Crippen molar-refractivity contribution in [1.29, 1.82) is 0 Å². The summed E-state index contributed by atoms with van der Waals surface area (Å²) in [5.74, 6) is -1.67. The van der Waals surface area contributed by atoms with E-state index in [1.165, 1.54) is 0 Å². The van der Waals surface area contributed by atoms with Gasteiger partial charge in [-0.25, -0.2) is 30.1 Å². The molecule has 3 heterocycles. The van der Waals surface area contributed by atoms with Gasteiger partial charge in [0, 0.05) is 12.6 Å². The van der Waals surface area contributed by atoms with Gasteiger partial charge >= 0.3 is 59.1 Å². The molecule has 1 aromatic rings. The Kier molecular flexibility index (Phi) is 7.89. The molecule has 12 nitrogen and oxygen atoms in total. The van der Waals surface area contributed by atoms with Crippen molar-refractivity contribution < 1.29 is 94.6 Å². The van der Waals surface area contributed by atoms with Gasteiger partial charge in [0.25, 0.3) is 5.91 Å².